The summed E-state index contributed by atoms with van der Waals surface area (Å²) in [6.45, 7) is 1.70. The zero-order valence-corrected chi connectivity index (χ0v) is 10.0. The molecule has 0 amide bonds. The number of carbonyl (C=O) groups is 1. The van der Waals surface area contributed by atoms with Crippen molar-refractivity contribution >= 4 is 16.7 Å². The number of ketones is 1. The lowest BCUT2D eigenvalue weighted by molar-refractivity contribution is 0.0901. The van der Waals surface area contributed by atoms with Crippen LogP contribution in [0.15, 0.2) is 24.4 Å². The number of nitrogens with one attached hydrogen (secondary N) is 2. The highest BCUT2D eigenvalue weighted by Crippen LogP contribution is 2.24. The van der Waals surface area contributed by atoms with Crippen molar-refractivity contribution in [1.29, 1.82) is 0 Å². The molecule has 1 aromatic carbocycles. The maximum absolute atomic E-state index is 13.3. The fourth-order valence-electron chi connectivity index (χ4n) is 2.59. The van der Waals surface area contributed by atoms with Gasteiger partial charge in [0.25, 0.3) is 0 Å². The van der Waals surface area contributed by atoms with Crippen LogP contribution in [0.3, 0.4) is 0 Å². The van der Waals surface area contributed by atoms with E-state index in [1.807, 2.05) is 0 Å². The molecule has 2 N–H and O–H groups in total. The Morgan fingerprint density at radius 2 is 2.28 bits per heavy atom. The van der Waals surface area contributed by atoms with Gasteiger partial charge >= 0.3 is 0 Å². The molecule has 1 fully saturated rings. The van der Waals surface area contributed by atoms with Crippen LogP contribution in [0.25, 0.3) is 10.9 Å². The largest absolute Gasteiger partial charge is 0.360 e. The summed E-state index contributed by atoms with van der Waals surface area (Å²) in [5, 5.41) is 3.92. The number of Topliss-reactive ketones (excluding diaryl/α,β-unsaturated/α-hetero) is 1. The smallest absolute Gasteiger partial charge is 0.169 e. The van der Waals surface area contributed by atoms with Gasteiger partial charge in [-0.15, -0.1) is 0 Å². The number of aromatic amines is 1. The molecule has 1 saturated heterocycles. The van der Waals surface area contributed by atoms with Crippen molar-refractivity contribution in [3.63, 3.8) is 0 Å². The van der Waals surface area contributed by atoms with E-state index in [0.29, 0.717) is 10.9 Å². The third kappa shape index (κ3) is 1.93. The normalized spacial score (nSPS) is 20.2. The molecule has 0 bridgehead atoms. The van der Waals surface area contributed by atoms with E-state index in [1.165, 1.54) is 12.1 Å². The molecular formula is C14H15FN2O. The Hall–Kier alpha value is -1.68. The molecule has 4 heteroatoms. The second kappa shape index (κ2) is 4.53. The van der Waals surface area contributed by atoms with Crippen LogP contribution in [0.5, 0.6) is 0 Å². The van der Waals surface area contributed by atoms with E-state index in [2.05, 4.69) is 10.3 Å². The molecule has 3 nitrogen and oxygen atoms in total. The summed E-state index contributed by atoms with van der Waals surface area (Å²) in [4.78, 5) is 15.4. The van der Waals surface area contributed by atoms with E-state index in [-0.39, 0.29) is 17.5 Å². The summed E-state index contributed by atoms with van der Waals surface area (Å²) in [6, 6.07) is 4.49. The van der Waals surface area contributed by atoms with Gasteiger partial charge in [0.15, 0.2) is 5.78 Å². The molecule has 1 unspecified atom stereocenters. The molecule has 18 heavy (non-hydrogen) atoms. The first-order valence-electron chi connectivity index (χ1n) is 6.27. The molecule has 3 rings (SSSR count). The van der Waals surface area contributed by atoms with Crippen LogP contribution in [0, 0.1) is 11.7 Å². The number of fused-ring (bicyclic) bond motifs is 1. The maximum Gasteiger partial charge on any atom is 0.169 e. The predicted molar refractivity (Wildman–Crippen MR) is 68.2 cm³/mol. The first kappa shape index (κ1) is 11.4. The molecule has 1 aliphatic heterocycles. The lowest BCUT2D eigenvalue weighted by Crippen LogP contribution is -2.34. The standard InChI is InChI=1S/C14H15FN2O/c15-10-3-4-13-11(6-10)12(8-17-13)14(18)9-2-1-5-16-7-9/h3-4,6,8-9,16-17H,1-2,5,7H2. The fourth-order valence-corrected chi connectivity index (χ4v) is 2.59. The van der Waals surface area contributed by atoms with Gasteiger partial charge in [-0.05, 0) is 37.6 Å². The Morgan fingerprint density at radius 1 is 1.39 bits per heavy atom. The Kier molecular flexibility index (Phi) is 2.88. The van der Waals surface area contributed by atoms with Gasteiger partial charge in [-0.2, -0.15) is 0 Å². The van der Waals surface area contributed by atoms with Crippen molar-refractivity contribution in [2.75, 3.05) is 13.1 Å². The molecule has 2 heterocycles. The number of halogens is 1. The van der Waals surface area contributed by atoms with Crippen molar-refractivity contribution in [3.8, 4) is 0 Å². The number of rotatable bonds is 2. The van der Waals surface area contributed by atoms with Gasteiger partial charge < -0.3 is 10.3 Å². The number of hydrogen-bond donors (Lipinski definition) is 2. The van der Waals surface area contributed by atoms with E-state index < -0.39 is 0 Å². The highest BCUT2D eigenvalue weighted by Gasteiger charge is 2.24. The van der Waals surface area contributed by atoms with Crippen molar-refractivity contribution in [2.45, 2.75) is 12.8 Å². The average Bonchev–Trinajstić information content (AvgIpc) is 2.82. The van der Waals surface area contributed by atoms with E-state index >= 15 is 0 Å². The number of aromatic nitrogens is 1. The molecule has 1 aliphatic rings. The molecule has 0 spiro atoms. The van der Waals surface area contributed by atoms with Gasteiger partial charge in [-0.1, -0.05) is 0 Å². The van der Waals surface area contributed by atoms with Gasteiger partial charge in [-0.3, -0.25) is 4.79 Å². The van der Waals surface area contributed by atoms with Gasteiger partial charge in [0, 0.05) is 35.1 Å². The van der Waals surface area contributed by atoms with Crippen molar-refractivity contribution in [1.82, 2.24) is 10.3 Å². The Labute approximate surface area is 104 Å². The van der Waals surface area contributed by atoms with Crippen molar-refractivity contribution < 1.29 is 9.18 Å². The zero-order valence-electron chi connectivity index (χ0n) is 10.0. The highest BCUT2D eigenvalue weighted by molar-refractivity contribution is 6.09. The molecule has 94 valence electrons. The molecule has 2 aromatic rings. The third-order valence-electron chi connectivity index (χ3n) is 3.58. The van der Waals surface area contributed by atoms with E-state index in [1.54, 1.807) is 12.3 Å². The Balaban J connectivity index is 1.98. The van der Waals surface area contributed by atoms with Crippen LogP contribution in [-0.4, -0.2) is 23.9 Å². The van der Waals surface area contributed by atoms with Crippen LogP contribution in [0.4, 0.5) is 4.39 Å². The Morgan fingerprint density at radius 3 is 3.06 bits per heavy atom. The average molecular weight is 246 g/mol. The predicted octanol–water partition coefficient (Wildman–Crippen LogP) is 2.49. The quantitative estimate of drug-likeness (QED) is 0.800. The number of carbonyl (C=O) groups excluding carboxylic acids is 1. The summed E-state index contributed by atoms with van der Waals surface area (Å²) < 4.78 is 13.3. The summed E-state index contributed by atoms with van der Waals surface area (Å²) >= 11 is 0. The van der Waals surface area contributed by atoms with Crippen LogP contribution in [-0.2, 0) is 0 Å². The van der Waals surface area contributed by atoms with Gasteiger partial charge in [0.1, 0.15) is 5.82 Å². The second-order valence-electron chi connectivity index (χ2n) is 4.80. The number of hydrogen-bond acceptors (Lipinski definition) is 2. The molecular weight excluding hydrogens is 231 g/mol. The zero-order chi connectivity index (χ0) is 12.5. The minimum Gasteiger partial charge on any atom is -0.360 e. The molecule has 1 aromatic heterocycles. The lowest BCUT2D eigenvalue weighted by atomic mass is 9.91. The first-order valence-corrected chi connectivity index (χ1v) is 6.27. The third-order valence-corrected chi connectivity index (χ3v) is 3.58. The Bertz CT molecular complexity index is 584. The summed E-state index contributed by atoms with van der Waals surface area (Å²) in [5.74, 6) is -0.182. The van der Waals surface area contributed by atoms with Crippen molar-refractivity contribution in [3.05, 3.63) is 35.8 Å². The molecule has 0 saturated carbocycles. The summed E-state index contributed by atoms with van der Waals surface area (Å²) in [5.41, 5.74) is 1.42. The molecule has 0 aliphatic carbocycles. The van der Waals surface area contributed by atoms with Crippen LogP contribution < -0.4 is 5.32 Å². The number of benzene rings is 1. The SMILES string of the molecule is O=C(c1c[nH]c2ccc(F)cc12)C1CCCNC1. The van der Waals surface area contributed by atoms with Crippen LogP contribution in [0.1, 0.15) is 23.2 Å². The first-order chi connectivity index (χ1) is 8.75. The van der Waals surface area contributed by atoms with Crippen molar-refractivity contribution in [2.24, 2.45) is 5.92 Å². The monoisotopic (exact) mass is 246 g/mol. The molecule has 1 atom stereocenters. The highest BCUT2D eigenvalue weighted by atomic mass is 19.1. The van der Waals surface area contributed by atoms with E-state index in [9.17, 15) is 9.18 Å². The van der Waals surface area contributed by atoms with E-state index in [0.717, 1.165) is 31.4 Å². The van der Waals surface area contributed by atoms with Crippen LogP contribution >= 0.6 is 0 Å². The topological polar surface area (TPSA) is 44.9 Å². The maximum atomic E-state index is 13.3. The van der Waals surface area contributed by atoms with Crippen LogP contribution in [0.2, 0.25) is 0 Å². The second-order valence-corrected chi connectivity index (χ2v) is 4.80. The van der Waals surface area contributed by atoms with Gasteiger partial charge in [-0.25, -0.2) is 4.39 Å². The van der Waals surface area contributed by atoms with Gasteiger partial charge in [0.2, 0.25) is 0 Å². The summed E-state index contributed by atoms with van der Waals surface area (Å²) in [7, 11) is 0. The fraction of sp³-hybridized carbons (Fsp3) is 0.357. The minimum atomic E-state index is -0.307. The number of piperidine rings is 1. The number of H-pyrrole nitrogens is 1. The minimum absolute atomic E-state index is 0.0148. The summed E-state index contributed by atoms with van der Waals surface area (Å²) in [6.07, 6.45) is 3.63. The van der Waals surface area contributed by atoms with E-state index in [4.69, 9.17) is 0 Å². The lowest BCUT2D eigenvalue weighted by Gasteiger charge is -2.21. The van der Waals surface area contributed by atoms with Gasteiger partial charge in [0.05, 0.1) is 0 Å². The molecule has 0 radical (unpaired) electrons.